The van der Waals surface area contributed by atoms with E-state index in [2.05, 4.69) is 40.8 Å². The summed E-state index contributed by atoms with van der Waals surface area (Å²) in [6.45, 7) is 4.55. The second-order valence-electron chi connectivity index (χ2n) is 8.30. The van der Waals surface area contributed by atoms with Crippen molar-refractivity contribution in [3.8, 4) is 5.75 Å². The van der Waals surface area contributed by atoms with Crippen LogP contribution in [-0.4, -0.2) is 38.0 Å². The van der Waals surface area contributed by atoms with E-state index in [4.69, 9.17) is 14.3 Å². The maximum Gasteiger partial charge on any atom is 0.257 e. The summed E-state index contributed by atoms with van der Waals surface area (Å²) in [7, 11) is 0. The maximum atomic E-state index is 12.0. The van der Waals surface area contributed by atoms with Crippen LogP contribution < -0.4 is 10.1 Å². The van der Waals surface area contributed by atoms with Gasteiger partial charge in [-0.3, -0.25) is 4.79 Å². The third-order valence-electron chi connectivity index (χ3n) is 5.82. The van der Waals surface area contributed by atoms with Crippen LogP contribution in [0.2, 0.25) is 0 Å². The van der Waals surface area contributed by atoms with Crippen LogP contribution in [0, 0.1) is 5.92 Å². The van der Waals surface area contributed by atoms with E-state index in [1.54, 1.807) is 0 Å². The van der Waals surface area contributed by atoms with Crippen LogP contribution in [0.3, 0.4) is 0 Å². The molecule has 0 unspecified atom stereocenters. The molecule has 4 rings (SSSR count). The van der Waals surface area contributed by atoms with Crippen LogP contribution in [0.1, 0.15) is 30.9 Å². The smallest absolute Gasteiger partial charge is 0.257 e. The Balaban J connectivity index is 1.21. The minimum atomic E-state index is -0.106. The first-order chi connectivity index (χ1) is 16.2. The normalized spacial score (nSPS) is 14.8. The van der Waals surface area contributed by atoms with Crippen molar-refractivity contribution in [3.05, 3.63) is 77.9 Å². The van der Waals surface area contributed by atoms with Gasteiger partial charge in [0.25, 0.3) is 5.91 Å². The van der Waals surface area contributed by atoms with Crippen LogP contribution in [0.25, 0.3) is 10.8 Å². The highest BCUT2D eigenvalue weighted by atomic mass is 16.6. The number of nitrogens with one attached hydrogen (secondary N) is 1. The highest BCUT2D eigenvalue weighted by Crippen LogP contribution is 2.17. The Morgan fingerprint density at radius 2 is 1.79 bits per heavy atom. The van der Waals surface area contributed by atoms with Crippen molar-refractivity contribution in [1.29, 1.82) is 0 Å². The van der Waals surface area contributed by atoms with Gasteiger partial charge in [0, 0.05) is 19.8 Å². The van der Waals surface area contributed by atoms with E-state index in [-0.39, 0.29) is 12.5 Å². The minimum absolute atomic E-state index is 0.00447. The molecule has 1 saturated heterocycles. The second-order valence-corrected chi connectivity index (χ2v) is 8.30. The standard InChI is InChI=1S/C27H30N2O4/c1-20(29-33-18-22-6-7-24-4-2-3-5-25(24)16-22)23-8-10-26(11-9-23)32-19-27(30)28-17-21-12-14-31-15-13-21/h2-11,16,21H,12-15,17-19H2,1H3,(H,28,30). The van der Waals surface area contributed by atoms with Crippen molar-refractivity contribution in [2.75, 3.05) is 26.4 Å². The molecule has 3 aromatic carbocycles. The van der Waals surface area contributed by atoms with Crippen molar-refractivity contribution < 1.29 is 19.1 Å². The fourth-order valence-electron chi connectivity index (χ4n) is 3.79. The predicted molar refractivity (Wildman–Crippen MR) is 129 cm³/mol. The molecule has 3 aromatic rings. The SMILES string of the molecule is CC(=NOCc1ccc2ccccc2c1)c1ccc(OCC(=O)NCC2CCOCC2)cc1. The maximum absolute atomic E-state index is 12.0. The van der Waals surface area contributed by atoms with Crippen molar-refractivity contribution in [1.82, 2.24) is 5.32 Å². The van der Waals surface area contributed by atoms with Crippen molar-refractivity contribution in [2.24, 2.45) is 11.1 Å². The summed E-state index contributed by atoms with van der Waals surface area (Å²) in [5.74, 6) is 1.03. The molecule has 0 aliphatic carbocycles. The molecule has 1 fully saturated rings. The van der Waals surface area contributed by atoms with Crippen LogP contribution in [0.15, 0.2) is 71.9 Å². The molecule has 33 heavy (non-hydrogen) atoms. The molecule has 0 aromatic heterocycles. The Hall–Kier alpha value is -3.38. The molecule has 1 heterocycles. The highest BCUT2D eigenvalue weighted by molar-refractivity contribution is 5.98. The summed E-state index contributed by atoms with van der Waals surface area (Å²) in [5, 5.41) is 9.58. The molecule has 0 bridgehead atoms. The molecule has 1 aliphatic rings. The van der Waals surface area contributed by atoms with E-state index in [0.717, 1.165) is 42.9 Å². The van der Waals surface area contributed by atoms with E-state index in [9.17, 15) is 4.79 Å². The fraction of sp³-hybridized carbons (Fsp3) is 0.333. The number of hydrogen-bond donors (Lipinski definition) is 1. The fourth-order valence-corrected chi connectivity index (χ4v) is 3.79. The van der Waals surface area contributed by atoms with E-state index in [0.29, 0.717) is 24.8 Å². The van der Waals surface area contributed by atoms with Crippen LogP contribution in [0.4, 0.5) is 0 Å². The van der Waals surface area contributed by atoms with Gasteiger partial charge < -0.3 is 19.6 Å². The topological polar surface area (TPSA) is 69.2 Å². The van der Waals surface area contributed by atoms with Gasteiger partial charge in [-0.1, -0.05) is 41.6 Å². The first-order valence-electron chi connectivity index (χ1n) is 11.4. The van der Waals surface area contributed by atoms with E-state index >= 15 is 0 Å². The first kappa shape index (κ1) is 22.8. The lowest BCUT2D eigenvalue weighted by atomic mass is 10.0. The highest BCUT2D eigenvalue weighted by Gasteiger charge is 2.14. The number of nitrogens with zero attached hydrogens (tertiary/aromatic N) is 1. The monoisotopic (exact) mass is 446 g/mol. The van der Waals surface area contributed by atoms with E-state index in [1.165, 1.54) is 10.8 Å². The summed E-state index contributed by atoms with van der Waals surface area (Å²) in [4.78, 5) is 17.6. The van der Waals surface area contributed by atoms with Crippen LogP contribution >= 0.6 is 0 Å². The molecule has 0 atom stereocenters. The molecule has 0 radical (unpaired) electrons. The number of oxime groups is 1. The molecule has 6 nitrogen and oxygen atoms in total. The van der Waals surface area contributed by atoms with E-state index in [1.807, 2.05) is 43.3 Å². The van der Waals surface area contributed by atoms with Gasteiger partial charge in [0.15, 0.2) is 6.61 Å². The summed E-state index contributed by atoms with van der Waals surface area (Å²) < 4.78 is 10.9. The number of ether oxygens (including phenoxy) is 2. The van der Waals surface area contributed by atoms with Crippen molar-refractivity contribution >= 4 is 22.4 Å². The van der Waals surface area contributed by atoms with Crippen molar-refractivity contribution in [2.45, 2.75) is 26.4 Å². The molecule has 1 aliphatic heterocycles. The lowest BCUT2D eigenvalue weighted by Crippen LogP contribution is -2.35. The largest absolute Gasteiger partial charge is 0.484 e. The molecule has 1 N–H and O–H groups in total. The number of benzene rings is 3. The Labute approximate surface area is 194 Å². The van der Waals surface area contributed by atoms with Gasteiger partial charge in [0.1, 0.15) is 12.4 Å². The van der Waals surface area contributed by atoms with Gasteiger partial charge >= 0.3 is 0 Å². The van der Waals surface area contributed by atoms with Gasteiger partial charge in [-0.2, -0.15) is 0 Å². The van der Waals surface area contributed by atoms with Crippen LogP contribution in [0.5, 0.6) is 5.75 Å². The lowest BCUT2D eigenvalue weighted by molar-refractivity contribution is -0.123. The van der Waals surface area contributed by atoms with Crippen molar-refractivity contribution in [3.63, 3.8) is 0 Å². The summed E-state index contributed by atoms with van der Waals surface area (Å²) in [6.07, 6.45) is 1.99. The van der Waals surface area contributed by atoms with Gasteiger partial charge in [0.2, 0.25) is 0 Å². The Bertz CT molecular complexity index is 1090. The molecule has 1 amide bonds. The summed E-state index contributed by atoms with van der Waals surface area (Å²) in [5.41, 5.74) is 2.78. The molecular formula is C27H30N2O4. The Morgan fingerprint density at radius 1 is 1.03 bits per heavy atom. The quantitative estimate of drug-likeness (QED) is 0.382. The number of fused-ring (bicyclic) bond motifs is 1. The van der Waals surface area contributed by atoms with Gasteiger partial charge in [-0.25, -0.2) is 0 Å². The number of carbonyl (C=O) groups is 1. The molecule has 172 valence electrons. The molecule has 6 heteroatoms. The molecule has 0 saturated carbocycles. The zero-order chi connectivity index (χ0) is 22.9. The average molecular weight is 447 g/mol. The average Bonchev–Trinajstić information content (AvgIpc) is 2.87. The summed E-state index contributed by atoms with van der Waals surface area (Å²) in [6, 6.07) is 22.0. The number of rotatable bonds is 9. The zero-order valence-electron chi connectivity index (χ0n) is 19.0. The van der Waals surface area contributed by atoms with Gasteiger partial charge in [-0.05, 0) is 77.9 Å². The Kier molecular flexibility index (Phi) is 7.93. The van der Waals surface area contributed by atoms with Gasteiger partial charge in [-0.15, -0.1) is 0 Å². The molecule has 0 spiro atoms. The van der Waals surface area contributed by atoms with Crippen LogP contribution in [-0.2, 0) is 21.0 Å². The zero-order valence-corrected chi connectivity index (χ0v) is 19.0. The third kappa shape index (κ3) is 6.80. The number of carbonyl (C=O) groups excluding carboxylic acids is 1. The second kappa shape index (κ2) is 11.5. The third-order valence-corrected chi connectivity index (χ3v) is 5.82. The first-order valence-corrected chi connectivity index (χ1v) is 11.4. The summed E-state index contributed by atoms with van der Waals surface area (Å²) >= 11 is 0. The van der Waals surface area contributed by atoms with E-state index < -0.39 is 0 Å². The Morgan fingerprint density at radius 3 is 2.58 bits per heavy atom. The number of hydrogen-bond acceptors (Lipinski definition) is 5. The molecular weight excluding hydrogens is 416 g/mol. The minimum Gasteiger partial charge on any atom is -0.484 e. The predicted octanol–water partition coefficient (Wildman–Crippen LogP) is 4.70. The van der Waals surface area contributed by atoms with Gasteiger partial charge in [0.05, 0.1) is 5.71 Å². The lowest BCUT2D eigenvalue weighted by Gasteiger charge is -2.22. The number of amides is 1.